The van der Waals surface area contributed by atoms with E-state index in [4.69, 9.17) is 5.73 Å². The van der Waals surface area contributed by atoms with Crippen LogP contribution in [0.3, 0.4) is 0 Å². The normalized spacial score (nSPS) is 10.8. The average Bonchev–Trinajstić information content (AvgIpc) is 3.26. The zero-order valence-electron chi connectivity index (χ0n) is 12.7. The van der Waals surface area contributed by atoms with Gasteiger partial charge in [0, 0.05) is 9.58 Å². The molecule has 0 aliphatic carbocycles. The predicted molar refractivity (Wildman–Crippen MR) is 104 cm³/mol. The molecule has 0 unspecified atom stereocenters. The number of fused-ring (bicyclic) bond motifs is 1. The first-order chi connectivity index (χ1) is 11.7. The van der Waals surface area contributed by atoms with Crippen molar-refractivity contribution < 1.29 is 4.79 Å². The average molecular weight is 350 g/mol. The van der Waals surface area contributed by atoms with Crippen molar-refractivity contribution >= 4 is 50.0 Å². The van der Waals surface area contributed by atoms with Crippen molar-refractivity contribution in [3.63, 3.8) is 0 Å². The van der Waals surface area contributed by atoms with Crippen LogP contribution in [0.5, 0.6) is 0 Å². The number of hydrogen-bond acceptors (Lipinski definition) is 4. The van der Waals surface area contributed by atoms with E-state index >= 15 is 0 Å². The summed E-state index contributed by atoms with van der Waals surface area (Å²) in [7, 11) is 0. The molecule has 2 heterocycles. The van der Waals surface area contributed by atoms with E-state index in [0.29, 0.717) is 16.3 Å². The van der Waals surface area contributed by atoms with Crippen molar-refractivity contribution in [1.29, 1.82) is 0 Å². The standard InChI is InChI=1S/C19H14N2OS2/c20-14-8-7-13(16-6-3-9-23-16)10-15(14)21-19(22)18-11-12-4-1-2-5-17(12)24-18/h1-11H,20H2,(H,21,22). The van der Waals surface area contributed by atoms with Crippen LogP contribution in [0.4, 0.5) is 11.4 Å². The molecule has 24 heavy (non-hydrogen) atoms. The minimum atomic E-state index is -0.133. The number of rotatable bonds is 3. The molecule has 0 spiro atoms. The summed E-state index contributed by atoms with van der Waals surface area (Å²) in [6.45, 7) is 0. The summed E-state index contributed by atoms with van der Waals surface area (Å²) in [4.78, 5) is 14.4. The van der Waals surface area contributed by atoms with Crippen molar-refractivity contribution in [2.24, 2.45) is 0 Å². The highest BCUT2D eigenvalue weighted by Gasteiger charge is 2.12. The minimum absolute atomic E-state index is 0.133. The molecule has 2 aromatic heterocycles. The van der Waals surface area contributed by atoms with E-state index in [2.05, 4.69) is 5.32 Å². The molecule has 2 aromatic carbocycles. The number of carbonyl (C=O) groups is 1. The van der Waals surface area contributed by atoms with E-state index < -0.39 is 0 Å². The first-order valence-electron chi connectivity index (χ1n) is 7.44. The summed E-state index contributed by atoms with van der Waals surface area (Å²) in [6, 6.07) is 19.7. The van der Waals surface area contributed by atoms with Crippen LogP contribution >= 0.6 is 22.7 Å². The Hall–Kier alpha value is -2.63. The fourth-order valence-corrected chi connectivity index (χ4v) is 4.22. The van der Waals surface area contributed by atoms with E-state index in [1.165, 1.54) is 11.3 Å². The van der Waals surface area contributed by atoms with Gasteiger partial charge < -0.3 is 11.1 Å². The molecule has 3 nitrogen and oxygen atoms in total. The topological polar surface area (TPSA) is 55.1 Å². The fraction of sp³-hybridized carbons (Fsp3) is 0. The Morgan fingerprint density at radius 1 is 1.00 bits per heavy atom. The summed E-state index contributed by atoms with van der Waals surface area (Å²) in [5, 5.41) is 6.05. The van der Waals surface area contributed by atoms with Gasteiger partial charge in [-0.2, -0.15) is 0 Å². The Morgan fingerprint density at radius 2 is 1.88 bits per heavy atom. The number of anilines is 2. The van der Waals surface area contributed by atoms with Crippen molar-refractivity contribution in [3.05, 3.63) is 70.9 Å². The van der Waals surface area contributed by atoms with E-state index in [1.54, 1.807) is 11.3 Å². The molecule has 0 bridgehead atoms. The lowest BCUT2D eigenvalue weighted by Crippen LogP contribution is -2.11. The molecule has 1 amide bonds. The van der Waals surface area contributed by atoms with Gasteiger partial charge in [0.2, 0.25) is 0 Å². The number of nitrogens with one attached hydrogen (secondary N) is 1. The van der Waals surface area contributed by atoms with Crippen LogP contribution in [0.25, 0.3) is 20.5 Å². The van der Waals surface area contributed by atoms with Gasteiger partial charge in [-0.15, -0.1) is 22.7 Å². The Labute approximate surface area is 147 Å². The van der Waals surface area contributed by atoms with Gasteiger partial charge in [0.1, 0.15) is 0 Å². The summed E-state index contributed by atoms with van der Waals surface area (Å²) >= 11 is 3.14. The monoisotopic (exact) mass is 350 g/mol. The Bertz CT molecular complexity index is 986. The van der Waals surface area contributed by atoms with E-state index in [9.17, 15) is 4.79 Å². The zero-order chi connectivity index (χ0) is 16.5. The predicted octanol–water partition coefficient (Wildman–Crippen LogP) is 5.46. The molecule has 0 aliphatic heterocycles. The highest BCUT2D eigenvalue weighted by atomic mass is 32.1. The highest BCUT2D eigenvalue weighted by molar-refractivity contribution is 7.20. The highest BCUT2D eigenvalue weighted by Crippen LogP contribution is 2.31. The quantitative estimate of drug-likeness (QED) is 0.482. The Balaban J connectivity index is 1.64. The van der Waals surface area contributed by atoms with Crippen LogP contribution in [0, 0.1) is 0 Å². The lowest BCUT2D eigenvalue weighted by Gasteiger charge is -2.09. The zero-order valence-corrected chi connectivity index (χ0v) is 14.3. The van der Waals surface area contributed by atoms with E-state index in [1.807, 2.05) is 66.0 Å². The molecule has 3 N–H and O–H groups in total. The fourth-order valence-electron chi connectivity index (χ4n) is 2.54. The van der Waals surface area contributed by atoms with Gasteiger partial charge in [-0.05, 0) is 46.7 Å². The van der Waals surface area contributed by atoms with Crippen LogP contribution in [0.2, 0.25) is 0 Å². The summed E-state index contributed by atoms with van der Waals surface area (Å²) in [5.41, 5.74) is 8.29. The lowest BCUT2D eigenvalue weighted by molar-refractivity contribution is 0.103. The number of nitrogen functional groups attached to an aromatic ring is 1. The SMILES string of the molecule is Nc1ccc(-c2cccs2)cc1NC(=O)c1cc2ccccc2s1. The largest absolute Gasteiger partial charge is 0.397 e. The van der Waals surface area contributed by atoms with Crippen LogP contribution in [0.15, 0.2) is 66.0 Å². The molecule has 0 fully saturated rings. The van der Waals surface area contributed by atoms with Gasteiger partial charge in [-0.3, -0.25) is 4.79 Å². The summed E-state index contributed by atoms with van der Waals surface area (Å²) in [5.74, 6) is -0.133. The maximum absolute atomic E-state index is 12.6. The Morgan fingerprint density at radius 3 is 2.67 bits per heavy atom. The van der Waals surface area contributed by atoms with Gasteiger partial charge in [-0.25, -0.2) is 0 Å². The minimum Gasteiger partial charge on any atom is -0.397 e. The third-order valence-corrected chi connectivity index (χ3v) is 5.79. The second-order valence-corrected chi connectivity index (χ2v) is 7.41. The first-order valence-corrected chi connectivity index (χ1v) is 9.14. The number of carbonyl (C=O) groups excluding carboxylic acids is 1. The maximum atomic E-state index is 12.6. The number of nitrogens with two attached hydrogens (primary N) is 1. The van der Waals surface area contributed by atoms with Gasteiger partial charge >= 0.3 is 0 Å². The number of thiophene rings is 2. The number of hydrogen-bond donors (Lipinski definition) is 2. The van der Waals surface area contributed by atoms with E-state index in [0.717, 1.165) is 20.5 Å². The molecule has 0 atom stereocenters. The van der Waals surface area contributed by atoms with Gasteiger partial charge in [0.15, 0.2) is 0 Å². The van der Waals surface area contributed by atoms with Crippen molar-refractivity contribution in [2.75, 3.05) is 11.1 Å². The summed E-state index contributed by atoms with van der Waals surface area (Å²) in [6.07, 6.45) is 0. The van der Waals surface area contributed by atoms with E-state index in [-0.39, 0.29) is 5.91 Å². The smallest absolute Gasteiger partial charge is 0.265 e. The molecular weight excluding hydrogens is 336 g/mol. The second-order valence-electron chi connectivity index (χ2n) is 5.38. The molecule has 5 heteroatoms. The molecule has 0 radical (unpaired) electrons. The third kappa shape index (κ3) is 2.79. The van der Waals surface area contributed by atoms with Gasteiger partial charge in [-0.1, -0.05) is 30.3 Å². The number of benzene rings is 2. The molecule has 4 rings (SSSR count). The Kier molecular flexibility index (Phi) is 3.80. The number of amides is 1. The molecule has 0 saturated heterocycles. The summed E-state index contributed by atoms with van der Waals surface area (Å²) < 4.78 is 1.10. The van der Waals surface area contributed by atoms with Gasteiger partial charge in [0.25, 0.3) is 5.91 Å². The molecule has 0 aliphatic rings. The lowest BCUT2D eigenvalue weighted by atomic mass is 10.1. The van der Waals surface area contributed by atoms with Crippen LogP contribution in [-0.4, -0.2) is 5.91 Å². The van der Waals surface area contributed by atoms with Crippen LogP contribution in [-0.2, 0) is 0 Å². The molecule has 118 valence electrons. The van der Waals surface area contributed by atoms with Crippen molar-refractivity contribution in [2.45, 2.75) is 0 Å². The van der Waals surface area contributed by atoms with Crippen molar-refractivity contribution in [1.82, 2.24) is 0 Å². The molecular formula is C19H14N2OS2. The van der Waals surface area contributed by atoms with Crippen LogP contribution < -0.4 is 11.1 Å². The first kappa shape index (κ1) is 14.9. The third-order valence-electron chi connectivity index (χ3n) is 3.76. The van der Waals surface area contributed by atoms with Crippen molar-refractivity contribution in [3.8, 4) is 10.4 Å². The van der Waals surface area contributed by atoms with Crippen LogP contribution in [0.1, 0.15) is 9.67 Å². The molecule has 0 saturated carbocycles. The molecule has 4 aromatic rings. The van der Waals surface area contributed by atoms with Gasteiger partial charge in [0.05, 0.1) is 16.3 Å². The second kappa shape index (κ2) is 6.11. The maximum Gasteiger partial charge on any atom is 0.265 e.